The van der Waals surface area contributed by atoms with Crippen molar-refractivity contribution in [1.82, 2.24) is 9.55 Å². The van der Waals surface area contributed by atoms with Crippen molar-refractivity contribution in [3.63, 3.8) is 0 Å². The number of anilines is 3. The van der Waals surface area contributed by atoms with E-state index in [0.29, 0.717) is 29.6 Å². The molecule has 0 fully saturated rings. The fourth-order valence-corrected chi connectivity index (χ4v) is 4.96. The summed E-state index contributed by atoms with van der Waals surface area (Å²) in [4.78, 5) is 17.4. The molecule has 0 aliphatic heterocycles. The van der Waals surface area contributed by atoms with Crippen LogP contribution in [0, 0.1) is 5.82 Å². The third kappa shape index (κ3) is 5.21. The van der Waals surface area contributed by atoms with Gasteiger partial charge in [0.15, 0.2) is 0 Å². The van der Waals surface area contributed by atoms with E-state index in [-0.39, 0.29) is 27.7 Å². The van der Waals surface area contributed by atoms with Crippen molar-refractivity contribution in [3.8, 4) is 0 Å². The fraction of sp³-hybridized carbons (Fsp3) is 0.167. The number of nitrogens with one attached hydrogen (secondary N) is 2. The van der Waals surface area contributed by atoms with Crippen molar-refractivity contribution < 1.29 is 12.8 Å². The van der Waals surface area contributed by atoms with Crippen LogP contribution in [0.25, 0.3) is 10.9 Å². The lowest BCUT2D eigenvalue weighted by Gasteiger charge is -2.15. The summed E-state index contributed by atoms with van der Waals surface area (Å²) in [6.45, 7) is 2.10. The molecule has 0 spiro atoms. The van der Waals surface area contributed by atoms with Gasteiger partial charge in [0.2, 0.25) is 10.0 Å². The molecule has 0 saturated carbocycles. The Labute approximate surface area is 201 Å². The van der Waals surface area contributed by atoms with Crippen LogP contribution in [0.15, 0.2) is 71.8 Å². The molecule has 176 valence electrons. The molecule has 7 nitrogen and oxygen atoms in total. The Morgan fingerprint density at radius 2 is 1.85 bits per heavy atom. The molecule has 0 unspecified atom stereocenters. The van der Waals surface area contributed by atoms with Crippen LogP contribution in [0.1, 0.15) is 18.9 Å². The minimum Gasteiger partial charge on any atom is -0.352 e. The van der Waals surface area contributed by atoms with Gasteiger partial charge in [0, 0.05) is 5.69 Å². The van der Waals surface area contributed by atoms with Crippen LogP contribution < -0.4 is 15.6 Å². The van der Waals surface area contributed by atoms with Crippen LogP contribution in [0.3, 0.4) is 0 Å². The first-order chi connectivity index (χ1) is 16.3. The molecule has 0 bridgehead atoms. The normalized spacial score (nSPS) is 11.5. The van der Waals surface area contributed by atoms with E-state index in [1.165, 1.54) is 17.0 Å². The minimum absolute atomic E-state index is 0.0617. The van der Waals surface area contributed by atoms with Crippen LogP contribution >= 0.6 is 11.6 Å². The summed E-state index contributed by atoms with van der Waals surface area (Å²) >= 11 is 6.33. The molecule has 0 aliphatic rings. The molecule has 0 atom stereocenters. The van der Waals surface area contributed by atoms with Crippen molar-refractivity contribution in [2.75, 3.05) is 15.8 Å². The number of fused-ring (bicyclic) bond motifs is 1. The predicted octanol–water partition coefficient (Wildman–Crippen LogP) is 5.13. The number of halogens is 2. The lowest BCUT2D eigenvalue weighted by Crippen LogP contribution is -2.21. The maximum Gasteiger partial charge on any atom is 0.261 e. The maximum absolute atomic E-state index is 14.6. The van der Waals surface area contributed by atoms with Crippen molar-refractivity contribution in [3.05, 3.63) is 93.7 Å². The van der Waals surface area contributed by atoms with Gasteiger partial charge in [0.05, 0.1) is 45.9 Å². The molecular weight excluding hydrogens is 479 g/mol. The first-order valence-corrected chi connectivity index (χ1v) is 12.6. The molecule has 2 N–H and O–H groups in total. The number of benzene rings is 3. The molecule has 0 aliphatic carbocycles. The lowest BCUT2D eigenvalue weighted by atomic mass is 10.2. The van der Waals surface area contributed by atoms with E-state index in [1.807, 2.05) is 30.3 Å². The van der Waals surface area contributed by atoms with Gasteiger partial charge in [-0.05, 0) is 42.3 Å². The maximum atomic E-state index is 14.6. The predicted molar refractivity (Wildman–Crippen MR) is 134 cm³/mol. The largest absolute Gasteiger partial charge is 0.352 e. The number of hydrogen-bond acceptors (Lipinski definition) is 5. The first kappa shape index (κ1) is 23.7. The van der Waals surface area contributed by atoms with Crippen molar-refractivity contribution in [2.45, 2.75) is 19.9 Å². The smallest absolute Gasteiger partial charge is 0.261 e. The summed E-state index contributed by atoms with van der Waals surface area (Å²) in [5, 5.41) is 3.10. The number of sulfonamides is 1. The third-order valence-corrected chi connectivity index (χ3v) is 6.99. The first-order valence-electron chi connectivity index (χ1n) is 10.6. The Balaban J connectivity index is 1.68. The zero-order valence-corrected chi connectivity index (χ0v) is 19.8. The van der Waals surface area contributed by atoms with Gasteiger partial charge in [-0.1, -0.05) is 48.9 Å². The molecule has 0 saturated heterocycles. The average Bonchev–Trinajstić information content (AvgIpc) is 2.81. The van der Waals surface area contributed by atoms with Gasteiger partial charge in [-0.15, -0.1) is 0 Å². The van der Waals surface area contributed by atoms with Crippen molar-refractivity contribution >= 4 is 49.6 Å². The van der Waals surface area contributed by atoms with E-state index >= 15 is 0 Å². The summed E-state index contributed by atoms with van der Waals surface area (Å²) in [6, 6.07) is 16.8. The van der Waals surface area contributed by atoms with E-state index in [2.05, 4.69) is 15.0 Å². The zero-order chi connectivity index (χ0) is 24.3. The standard InChI is InChI=1S/C24H22ClFN4O3S/c1-2-12-34(32,33)29-21-11-9-19(26)23(22(21)25)28-17-8-10-20-18(13-17)24(31)30(15-27-20)14-16-6-4-3-5-7-16/h3-11,13,15,28-29H,2,12,14H2,1H3. The molecule has 1 aromatic heterocycles. The second kappa shape index (κ2) is 9.82. The Morgan fingerprint density at radius 3 is 2.59 bits per heavy atom. The van der Waals surface area contributed by atoms with Crippen molar-refractivity contribution in [2.24, 2.45) is 0 Å². The molecule has 3 aromatic carbocycles. The summed E-state index contributed by atoms with van der Waals surface area (Å²) in [5.74, 6) is -0.757. The molecule has 0 amide bonds. The number of hydrogen-bond donors (Lipinski definition) is 2. The fourth-order valence-electron chi connectivity index (χ4n) is 3.51. The van der Waals surface area contributed by atoms with Gasteiger partial charge >= 0.3 is 0 Å². The lowest BCUT2D eigenvalue weighted by molar-refractivity contribution is 0.599. The topological polar surface area (TPSA) is 93.1 Å². The molecule has 1 heterocycles. The van der Waals surface area contributed by atoms with Gasteiger partial charge in [-0.3, -0.25) is 14.1 Å². The van der Waals surface area contributed by atoms with Crippen LogP contribution in [-0.4, -0.2) is 23.7 Å². The van der Waals surface area contributed by atoms with E-state index in [4.69, 9.17) is 11.6 Å². The van der Waals surface area contributed by atoms with E-state index < -0.39 is 15.8 Å². The SMILES string of the molecule is CCCS(=O)(=O)Nc1ccc(F)c(Nc2ccc3ncn(Cc4ccccc4)c(=O)c3c2)c1Cl. The third-order valence-electron chi connectivity index (χ3n) is 5.12. The Morgan fingerprint density at radius 1 is 1.09 bits per heavy atom. The number of nitrogens with zero attached hydrogens (tertiary/aromatic N) is 2. The highest BCUT2D eigenvalue weighted by Gasteiger charge is 2.17. The highest BCUT2D eigenvalue weighted by Crippen LogP contribution is 2.35. The van der Waals surface area contributed by atoms with Gasteiger partial charge in [0.1, 0.15) is 5.82 Å². The van der Waals surface area contributed by atoms with Gasteiger partial charge < -0.3 is 5.32 Å². The quantitative estimate of drug-likeness (QED) is 0.350. The average molecular weight is 501 g/mol. The van der Waals surface area contributed by atoms with Gasteiger partial charge in [-0.2, -0.15) is 0 Å². The second-order valence-corrected chi connectivity index (χ2v) is 9.94. The molecule has 4 aromatic rings. The Bertz CT molecular complexity index is 1510. The van der Waals surface area contributed by atoms with E-state index in [9.17, 15) is 17.6 Å². The highest BCUT2D eigenvalue weighted by atomic mass is 35.5. The Kier molecular flexibility index (Phi) is 6.85. The molecule has 34 heavy (non-hydrogen) atoms. The van der Waals surface area contributed by atoms with Gasteiger partial charge in [-0.25, -0.2) is 17.8 Å². The monoisotopic (exact) mass is 500 g/mol. The number of rotatable bonds is 8. The summed E-state index contributed by atoms with van der Waals surface area (Å²) in [5.41, 5.74) is 1.56. The summed E-state index contributed by atoms with van der Waals surface area (Å²) in [6.07, 6.45) is 1.92. The van der Waals surface area contributed by atoms with Gasteiger partial charge in [0.25, 0.3) is 5.56 Å². The van der Waals surface area contributed by atoms with E-state index in [0.717, 1.165) is 11.6 Å². The Hall–Kier alpha value is -3.43. The van der Waals surface area contributed by atoms with Crippen LogP contribution in [0.5, 0.6) is 0 Å². The molecular formula is C24H22ClFN4O3S. The number of aromatic nitrogens is 2. The summed E-state index contributed by atoms with van der Waals surface area (Å²) < 4.78 is 42.7. The zero-order valence-electron chi connectivity index (χ0n) is 18.3. The minimum atomic E-state index is -3.61. The molecule has 4 rings (SSSR count). The summed E-state index contributed by atoms with van der Waals surface area (Å²) in [7, 11) is -3.61. The molecule has 0 radical (unpaired) electrons. The van der Waals surface area contributed by atoms with Crippen molar-refractivity contribution in [1.29, 1.82) is 0 Å². The van der Waals surface area contributed by atoms with Crippen LogP contribution in [0.4, 0.5) is 21.5 Å². The second-order valence-electron chi connectivity index (χ2n) is 7.73. The van der Waals surface area contributed by atoms with Crippen LogP contribution in [0.2, 0.25) is 5.02 Å². The van der Waals surface area contributed by atoms with Crippen LogP contribution in [-0.2, 0) is 16.6 Å². The van der Waals surface area contributed by atoms with E-state index in [1.54, 1.807) is 25.1 Å². The molecule has 10 heteroatoms. The highest BCUT2D eigenvalue weighted by molar-refractivity contribution is 7.92.